The quantitative estimate of drug-likeness (QED) is 0.360. The molecule has 2 atom stereocenters. The van der Waals surface area contributed by atoms with Crippen molar-refractivity contribution < 1.29 is 47.2 Å². The molecule has 1 aromatic heterocycles. The summed E-state index contributed by atoms with van der Waals surface area (Å²) < 4.78 is 46.9. The smallest absolute Gasteiger partial charge is 0.473 e. The Morgan fingerprint density at radius 2 is 1.59 bits per heavy atom. The molecular weight excluding hydrogens is 547 g/mol. The number of nitrogens with one attached hydrogen (secondary N) is 1. The van der Waals surface area contributed by atoms with E-state index in [-0.39, 0.29) is 23.9 Å². The van der Waals surface area contributed by atoms with Gasteiger partial charge in [0.15, 0.2) is 0 Å². The van der Waals surface area contributed by atoms with Gasteiger partial charge >= 0.3 is 18.3 Å². The number of amides is 1. The zero-order valence-corrected chi connectivity index (χ0v) is 22.3. The van der Waals surface area contributed by atoms with Crippen molar-refractivity contribution in [1.29, 1.82) is 0 Å². The third-order valence-electron chi connectivity index (χ3n) is 5.91. The van der Waals surface area contributed by atoms with E-state index in [0.29, 0.717) is 22.4 Å². The first-order valence-corrected chi connectivity index (χ1v) is 12.3. The average molecular weight is 576 g/mol. The minimum absolute atomic E-state index is 0.114. The van der Waals surface area contributed by atoms with E-state index in [2.05, 4.69) is 19.9 Å². The lowest BCUT2D eigenvalue weighted by Gasteiger charge is -2.36. The molecule has 0 spiro atoms. The fraction of sp³-hybridized carbons (Fsp3) is 0.286. The van der Waals surface area contributed by atoms with Crippen molar-refractivity contribution in [1.82, 2.24) is 4.98 Å². The fourth-order valence-corrected chi connectivity index (χ4v) is 4.24. The van der Waals surface area contributed by atoms with Crippen molar-refractivity contribution in [2.75, 3.05) is 23.3 Å². The Morgan fingerprint density at radius 1 is 0.976 bits per heavy atom. The summed E-state index contributed by atoms with van der Waals surface area (Å²) in [4.78, 5) is 37.8. The Hall–Kier alpha value is -4.65. The van der Waals surface area contributed by atoms with E-state index in [0.717, 1.165) is 24.5 Å². The van der Waals surface area contributed by atoms with Crippen LogP contribution in [0.5, 0.6) is 5.75 Å². The summed E-state index contributed by atoms with van der Waals surface area (Å²) in [6.45, 7) is 7.35. The lowest BCUT2D eigenvalue weighted by Crippen LogP contribution is -2.45. The van der Waals surface area contributed by atoms with Crippen molar-refractivity contribution in [2.24, 2.45) is 0 Å². The van der Waals surface area contributed by atoms with E-state index in [1.54, 1.807) is 25.3 Å². The molecule has 218 valence electrons. The van der Waals surface area contributed by atoms with E-state index in [4.69, 9.17) is 24.5 Å². The molecule has 0 aliphatic carbocycles. The zero-order valence-electron chi connectivity index (χ0n) is 22.3. The van der Waals surface area contributed by atoms with Gasteiger partial charge in [-0.2, -0.15) is 0 Å². The van der Waals surface area contributed by atoms with E-state index >= 15 is 0 Å². The molecule has 1 aliphatic heterocycles. The summed E-state index contributed by atoms with van der Waals surface area (Å²) >= 11 is 0. The molecule has 0 radical (unpaired) electrons. The molecule has 41 heavy (non-hydrogen) atoms. The monoisotopic (exact) mass is 575 g/mol. The normalized spacial score (nSPS) is 16.7. The van der Waals surface area contributed by atoms with Crippen LogP contribution in [0.2, 0.25) is 0 Å². The van der Waals surface area contributed by atoms with Gasteiger partial charge in [0.1, 0.15) is 11.6 Å². The maximum Gasteiger partial charge on any atom is 0.573 e. The Bertz CT molecular complexity index is 1360. The number of hydrogen-bond acceptors (Lipinski definition) is 7. The minimum atomic E-state index is -4.75. The van der Waals surface area contributed by atoms with Crippen molar-refractivity contribution in [3.63, 3.8) is 0 Å². The van der Waals surface area contributed by atoms with Gasteiger partial charge in [0, 0.05) is 18.7 Å². The summed E-state index contributed by atoms with van der Waals surface area (Å²) in [6, 6.07) is 14.5. The number of nitrogens with zero attached hydrogens (tertiary/aromatic N) is 2. The van der Waals surface area contributed by atoms with Gasteiger partial charge in [0.05, 0.1) is 24.1 Å². The van der Waals surface area contributed by atoms with Crippen LogP contribution in [-0.4, -0.2) is 64.7 Å². The van der Waals surface area contributed by atoms with Crippen LogP contribution in [0.25, 0.3) is 11.1 Å². The van der Waals surface area contributed by atoms with Gasteiger partial charge in [-0.25, -0.2) is 14.6 Å². The summed E-state index contributed by atoms with van der Waals surface area (Å²) in [6.07, 6.45) is -2.90. The molecule has 1 amide bonds. The highest BCUT2D eigenvalue weighted by Crippen LogP contribution is 2.30. The summed E-state index contributed by atoms with van der Waals surface area (Å²) in [7, 11) is 0. The summed E-state index contributed by atoms with van der Waals surface area (Å²) in [5, 5.41) is 17.7. The molecule has 2 heterocycles. The molecule has 2 aromatic carbocycles. The third kappa shape index (κ3) is 8.93. The van der Waals surface area contributed by atoms with E-state index in [1.807, 2.05) is 32.0 Å². The second-order valence-electron chi connectivity index (χ2n) is 9.18. The largest absolute Gasteiger partial charge is 0.573 e. The molecule has 10 nitrogen and oxygen atoms in total. The molecule has 3 N–H and O–H groups in total. The summed E-state index contributed by atoms with van der Waals surface area (Å²) in [5.74, 6) is -3.43. The molecule has 13 heteroatoms. The molecule has 4 rings (SSSR count). The number of pyridine rings is 1. The Balaban J connectivity index is 0.000000696. The lowest BCUT2D eigenvalue weighted by molar-refractivity contribution is -0.274. The Morgan fingerprint density at radius 3 is 2.10 bits per heavy atom. The second-order valence-corrected chi connectivity index (χ2v) is 9.18. The molecule has 1 saturated heterocycles. The van der Waals surface area contributed by atoms with Crippen LogP contribution in [0.4, 0.5) is 24.7 Å². The van der Waals surface area contributed by atoms with Gasteiger partial charge in [0.2, 0.25) is 0 Å². The van der Waals surface area contributed by atoms with Gasteiger partial charge in [-0.3, -0.25) is 4.79 Å². The maximum atomic E-state index is 13.0. The number of aromatic nitrogens is 1. The molecular formula is C28H28F3N3O7. The summed E-state index contributed by atoms with van der Waals surface area (Å²) in [5.41, 5.74) is 3.13. The van der Waals surface area contributed by atoms with Crippen molar-refractivity contribution in [3.8, 4) is 16.9 Å². The Labute approximate surface area is 233 Å². The number of ether oxygens (including phenoxy) is 2. The predicted molar refractivity (Wildman–Crippen MR) is 143 cm³/mol. The number of anilines is 2. The number of hydrogen-bond donors (Lipinski definition) is 3. The number of halogens is 3. The SMILES string of the molecule is Cc1c(C(=O)Nc2ccc(N3CC(C)OC(C)C3)nc2)cccc1-c1ccc(OC(F)(F)F)cc1.O=C(O)C(=O)O. The average Bonchev–Trinajstić information content (AvgIpc) is 2.88. The molecule has 0 bridgehead atoms. The van der Waals surface area contributed by atoms with Gasteiger partial charge in [-0.1, -0.05) is 24.3 Å². The molecule has 1 fully saturated rings. The van der Waals surface area contributed by atoms with E-state index < -0.39 is 18.3 Å². The van der Waals surface area contributed by atoms with Crippen LogP contribution in [0, 0.1) is 6.92 Å². The molecule has 0 saturated carbocycles. The Kier molecular flexibility index (Phi) is 9.90. The second kappa shape index (κ2) is 13.1. The van der Waals surface area contributed by atoms with Crippen molar-refractivity contribution in [2.45, 2.75) is 39.3 Å². The number of benzene rings is 2. The van der Waals surface area contributed by atoms with E-state index in [1.165, 1.54) is 24.3 Å². The number of rotatable bonds is 5. The standard InChI is InChI=1S/C26H26F3N3O3.C2H2O4/c1-16-14-32(15-17(2)34-16)24-12-9-20(13-30-24)31-25(33)23-6-4-5-22(18(23)3)19-7-10-21(11-8-19)35-26(27,28)29;3-1(4)2(5)6/h4-13,16-17H,14-15H2,1-3H3,(H,31,33);(H,3,4)(H,5,6). The van der Waals surface area contributed by atoms with Crippen LogP contribution in [0.1, 0.15) is 29.8 Å². The van der Waals surface area contributed by atoms with Gasteiger partial charge in [-0.05, 0) is 67.8 Å². The van der Waals surface area contributed by atoms with Crippen LogP contribution >= 0.6 is 0 Å². The maximum absolute atomic E-state index is 13.0. The molecule has 3 aromatic rings. The van der Waals surface area contributed by atoms with Crippen LogP contribution in [0.3, 0.4) is 0 Å². The van der Waals surface area contributed by atoms with Crippen LogP contribution in [0.15, 0.2) is 60.8 Å². The predicted octanol–water partition coefficient (Wildman–Crippen LogP) is 4.98. The lowest BCUT2D eigenvalue weighted by atomic mass is 9.96. The number of carbonyl (C=O) groups is 3. The van der Waals surface area contributed by atoms with Gasteiger partial charge < -0.3 is 29.9 Å². The highest BCUT2D eigenvalue weighted by Gasteiger charge is 2.31. The number of aliphatic carboxylic acids is 2. The number of carbonyl (C=O) groups excluding carboxylic acids is 1. The first-order valence-electron chi connectivity index (χ1n) is 12.3. The fourth-order valence-electron chi connectivity index (χ4n) is 4.24. The zero-order chi connectivity index (χ0) is 30.3. The highest BCUT2D eigenvalue weighted by molar-refractivity contribution is 6.27. The van der Waals surface area contributed by atoms with Crippen molar-refractivity contribution in [3.05, 3.63) is 71.9 Å². The minimum Gasteiger partial charge on any atom is -0.473 e. The number of carboxylic acid groups (broad SMARTS) is 2. The molecule has 2 unspecified atom stereocenters. The van der Waals surface area contributed by atoms with Gasteiger partial charge in [0.25, 0.3) is 5.91 Å². The van der Waals surface area contributed by atoms with Crippen molar-refractivity contribution >= 4 is 29.4 Å². The first kappa shape index (κ1) is 30.9. The number of carboxylic acids is 2. The molecule has 1 aliphatic rings. The number of alkyl halides is 3. The van der Waals surface area contributed by atoms with E-state index in [9.17, 15) is 18.0 Å². The highest BCUT2D eigenvalue weighted by atomic mass is 19.4. The number of morpholine rings is 1. The van der Waals surface area contributed by atoms with Crippen LogP contribution < -0.4 is 15.0 Å². The van der Waals surface area contributed by atoms with Crippen LogP contribution in [-0.2, 0) is 14.3 Å². The first-order chi connectivity index (χ1) is 19.2. The third-order valence-corrected chi connectivity index (χ3v) is 5.91. The van der Waals surface area contributed by atoms with Gasteiger partial charge in [-0.15, -0.1) is 13.2 Å². The topological polar surface area (TPSA) is 138 Å².